The molecule has 1 aromatic rings. The molecule has 6 atom stereocenters. The molecule has 176 valence electrons. The third kappa shape index (κ3) is 5.00. The molecule has 1 fully saturated rings. The molecule has 12 heteroatoms. The number of hydrogen-bond acceptors (Lipinski definition) is 9. The number of hydrogen-bond donors (Lipinski definition) is 3. The Morgan fingerprint density at radius 3 is 2.88 bits per heavy atom. The summed E-state index contributed by atoms with van der Waals surface area (Å²) in [6.45, 7) is -0.258. The fraction of sp³-hybridized carbons (Fsp3) is 0.600. The van der Waals surface area contributed by atoms with E-state index in [4.69, 9.17) is 14.6 Å². The largest absolute Gasteiger partial charge is 0.474 e. The Bertz CT molecular complexity index is 1010. The van der Waals surface area contributed by atoms with Gasteiger partial charge in [0.15, 0.2) is 0 Å². The van der Waals surface area contributed by atoms with Gasteiger partial charge in [-0.2, -0.15) is 8.42 Å². The molecule has 0 aromatic heterocycles. The van der Waals surface area contributed by atoms with E-state index in [1.165, 1.54) is 0 Å². The van der Waals surface area contributed by atoms with E-state index in [1.54, 1.807) is 7.11 Å². The minimum Gasteiger partial charge on any atom is -0.474 e. The average Bonchev–Trinajstić information content (AvgIpc) is 3.27. The van der Waals surface area contributed by atoms with Crippen LogP contribution in [0.1, 0.15) is 30.0 Å². The summed E-state index contributed by atoms with van der Waals surface area (Å²) in [6, 6.07) is 7.29. The number of nitrogens with one attached hydrogen (secondary N) is 1. The number of methoxy groups -OCH3 is 1. The monoisotopic (exact) mass is 470 g/mol. The van der Waals surface area contributed by atoms with Crippen LogP contribution in [0.3, 0.4) is 0 Å². The first-order chi connectivity index (χ1) is 15.2. The van der Waals surface area contributed by atoms with Gasteiger partial charge in [-0.05, 0) is 17.5 Å². The molecule has 10 nitrogen and oxygen atoms in total. The van der Waals surface area contributed by atoms with Gasteiger partial charge in [-0.1, -0.05) is 24.3 Å². The fourth-order valence-corrected chi connectivity index (χ4v) is 4.87. The molecule has 0 radical (unpaired) electrons. The van der Waals surface area contributed by atoms with Gasteiger partial charge in [0.1, 0.15) is 12.8 Å². The molecule has 1 saturated carbocycles. The van der Waals surface area contributed by atoms with Crippen molar-refractivity contribution in [3.8, 4) is 0 Å². The zero-order valence-corrected chi connectivity index (χ0v) is 18.4. The molecular weight excluding hydrogens is 443 g/mol. The van der Waals surface area contributed by atoms with Gasteiger partial charge in [-0.25, -0.2) is 14.5 Å². The van der Waals surface area contributed by atoms with Gasteiger partial charge in [0.25, 0.3) is 5.79 Å². The van der Waals surface area contributed by atoms with Crippen molar-refractivity contribution in [1.29, 1.82) is 0 Å². The van der Waals surface area contributed by atoms with Gasteiger partial charge in [0, 0.05) is 25.9 Å². The molecule has 1 aromatic carbocycles. The Labute approximate surface area is 185 Å². The fourth-order valence-electron chi connectivity index (χ4n) is 4.51. The molecule has 4 N–H and O–H groups in total. The molecule has 3 aliphatic rings. The zero-order chi connectivity index (χ0) is 22.9. The van der Waals surface area contributed by atoms with Gasteiger partial charge < -0.3 is 14.6 Å². The minimum atomic E-state index is -4.12. The maximum atomic E-state index is 16.1. The lowest BCUT2D eigenvalue weighted by molar-refractivity contribution is 0.0569. The van der Waals surface area contributed by atoms with Crippen LogP contribution in [0, 0.1) is 5.92 Å². The van der Waals surface area contributed by atoms with Crippen LogP contribution in [0.2, 0.25) is 0 Å². The molecule has 32 heavy (non-hydrogen) atoms. The van der Waals surface area contributed by atoms with Crippen molar-refractivity contribution in [2.45, 2.75) is 49.4 Å². The number of ether oxygens (including phenoxy) is 2. The van der Waals surface area contributed by atoms with E-state index in [1.807, 2.05) is 24.3 Å². The summed E-state index contributed by atoms with van der Waals surface area (Å²) in [6.07, 6.45) is 0.496. The van der Waals surface area contributed by atoms with Crippen LogP contribution in [-0.2, 0) is 30.4 Å². The van der Waals surface area contributed by atoms with E-state index in [0.29, 0.717) is 6.42 Å². The smallest absolute Gasteiger partial charge is 0.333 e. The maximum Gasteiger partial charge on any atom is 0.333 e. The highest BCUT2D eigenvalue weighted by molar-refractivity contribution is 7.84. The Morgan fingerprint density at radius 1 is 1.34 bits per heavy atom. The molecule has 1 aliphatic heterocycles. The van der Waals surface area contributed by atoms with Crippen LogP contribution >= 0.6 is 0 Å². The number of fused-ring (bicyclic) bond motifs is 1. The zero-order valence-electron chi connectivity index (χ0n) is 17.6. The Balaban J connectivity index is 1.46. The number of nitrogens with zero attached hydrogens (tertiary/aromatic N) is 2. The number of halogens is 1. The van der Waals surface area contributed by atoms with Crippen LogP contribution in [0.4, 0.5) is 4.39 Å². The van der Waals surface area contributed by atoms with Gasteiger partial charge in [0.2, 0.25) is 5.90 Å². The molecule has 1 heterocycles. The van der Waals surface area contributed by atoms with Gasteiger partial charge >= 0.3 is 10.3 Å². The van der Waals surface area contributed by atoms with Crippen LogP contribution in [-0.4, -0.2) is 70.1 Å². The van der Waals surface area contributed by atoms with E-state index in [0.717, 1.165) is 17.3 Å². The lowest BCUT2D eigenvalue weighted by atomic mass is 10.1. The Hall–Kier alpha value is -1.96. The summed E-state index contributed by atoms with van der Waals surface area (Å²) >= 11 is 0. The second kappa shape index (κ2) is 9.12. The van der Waals surface area contributed by atoms with Crippen molar-refractivity contribution in [1.82, 2.24) is 5.32 Å². The number of nitrogens with two attached hydrogens (primary N) is 1. The maximum absolute atomic E-state index is 16.1. The quantitative estimate of drug-likeness (QED) is 0.488. The van der Waals surface area contributed by atoms with E-state index >= 15 is 4.39 Å². The summed E-state index contributed by atoms with van der Waals surface area (Å²) in [4.78, 5) is 8.09. The molecule has 0 spiro atoms. The highest BCUT2D eigenvalue weighted by Crippen LogP contribution is 2.36. The number of aliphatic imine (C=N–C) groups is 2. The third-order valence-electron chi connectivity index (χ3n) is 6.07. The molecule has 4 rings (SSSR count). The number of benzene rings is 1. The SMILES string of the molecule is CO[C@H]1Cc2ccccc2[C@H]1NC1(F)C=NCN=C1O[C@@H]1C[C@@H](COS(N)(=O)=O)[C@@H](O)C1. The highest BCUT2D eigenvalue weighted by Gasteiger charge is 2.46. The van der Waals surface area contributed by atoms with Crippen LogP contribution in [0.5, 0.6) is 0 Å². The van der Waals surface area contributed by atoms with Crippen molar-refractivity contribution in [3.63, 3.8) is 0 Å². The molecule has 2 aliphatic carbocycles. The number of aliphatic hydroxyl groups excluding tert-OH is 1. The molecule has 0 bridgehead atoms. The third-order valence-corrected chi connectivity index (χ3v) is 6.53. The average molecular weight is 471 g/mol. The summed E-state index contributed by atoms with van der Waals surface area (Å²) in [7, 11) is -2.54. The Kier molecular flexibility index (Phi) is 6.61. The van der Waals surface area contributed by atoms with Crippen molar-refractivity contribution < 1.29 is 31.6 Å². The topological polar surface area (TPSA) is 145 Å². The van der Waals surface area contributed by atoms with E-state index in [2.05, 4.69) is 19.5 Å². The summed E-state index contributed by atoms with van der Waals surface area (Å²) in [5.74, 6) is -2.97. The van der Waals surface area contributed by atoms with Crippen molar-refractivity contribution in [2.75, 3.05) is 20.4 Å². The summed E-state index contributed by atoms with van der Waals surface area (Å²) in [5, 5.41) is 18.0. The predicted molar refractivity (Wildman–Crippen MR) is 114 cm³/mol. The second-order valence-corrected chi connectivity index (χ2v) is 9.46. The van der Waals surface area contributed by atoms with E-state index in [-0.39, 0.29) is 38.1 Å². The first-order valence-corrected chi connectivity index (χ1v) is 11.8. The van der Waals surface area contributed by atoms with Crippen LogP contribution < -0.4 is 10.5 Å². The minimum absolute atomic E-state index is 0.0187. The molecule has 0 amide bonds. The number of alkyl halides is 1. The Morgan fingerprint density at radius 2 is 2.12 bits per heavy atom. The van der Waals surface area contributed by atoms with E-state index < -0.39 is 40.3 Å². The number of aliphatic hydroxyl groups is 1. The molecular formula is C20H27FN4O6S. The second-order valence-electron chi connectivity index (χ2n) is 8.24. The van der Waals surface area contributed by atoms with Crippen molar-refractivity contribution in [3.05, 3.63) is 35.4 Å². The van der Waals surface area contributed by atoms with Crippen LogP contribution in [0.25, 0.3) is 0 Å². The standard InChI is InChI=1S/C20H27FN4O6S/c1-29-17-7-12-4-2-3-5-15(12)18(17)25-20(21)10-23-11-24-19(20)31-14-6-13(16(26)8-14)9-30-32(22,27)28/h2-5,10,13-14,16-18,25-26H,6-9,11H2,1H3,(H2,22,27,28)/t13-,14+,16-,17-,18+,20?/m0/s1. The lowest BCUT2D eigenvalue weighted by Gasteiger charge is -2.32. The summed E-state index contributed by atoms with van der Waals surface area (Å²) < 4.78 is 54.2. The van der Waals surface area contributed by atoms with Gasteiger partial charge in [-0.15, -0.1) is 0 Å². The first kappa shape index (κ1) is 23.2. The normalized spacial score (nSPS) is 34.4. The molecule has 1 unspecified atom stereocenters. The predicted octanol–water partition coefficient (Wildman–Crippen LogP) is 0.371. The van der Waals surface area contributed by atoms with Crippen molar-refractivity contribution >= 4 is 22.4 Å². The van der Waals surface area contributed by atoms with Gasteiger partial charge in [0.05, 0.1) is 31.1 Å². The molecule has 0 saturated heterocycles. The first-order valence-electron chi connectivity index (χ1n) is 10.3. The van der Waals surface area contributed by atoms with Crippen molar-refractivity contribution in [2.24, 2.45) is 21.0 Å². The number of rotatable bonds is 7. The van der Waals surface area contributed by atoms with Crippen LogP contribution in [0.15, 0.2) is 34.3 Å². The highest BCUT2D eigenvalue weighted by atomic mass is 32.2. The van der Waals surface area contributed by atoms with Gasteiger partial charge in [-0.3, -0.25) is 14.5 Å². The van der Waals surface area contributed by atoms with E-state index in [9.17, 15) is 13.5 Å². The summed E-state index contributed by atoms with van der Waals surface area (Å²) in [5.41, 5.74) is 2.01. The lowest BCUT2D eigenvalue weighted by Crippen LogP contribution is -2.55.